The predicted octanol–water partition coefficient (Wildman–Crippen LogP) is 3.20. The maximum atomic E-state index is 13.7. The van der Waals surface area contributed by atoms with Crippen molar-refractivity contribution in [1.29, 1.82) is 0 Å². The predicted molar refractivity (Wildman–Crippen MR) is 80.2 cm³/mol. The maximum absolute atomic E-state index is 13.7. The van der Waals surface area contributed by atoms with Gasteiger partial charge in [0.1, 0.15) is 11.6 Å². The average molecular weight is 309 g/mol. The van der Waals surface area contributed by atoms with Crippen molar-refractivity contribution >= 4 is 23.2 Å². The highest BCUT2D eigenvalue weighted by Crippen LogP contribution is 2.27. The molecule has 0 unspecified atom stereocenters. The second kappa shape index (κ2) is 6.45. The Morgan fingerprint density at radius 2 is 2.10 bits per heavy atom. The molecule has 0 heterocycles. The van der Waals surface area contributed by atoms with Gasteiger partial charge in [-0.05, 0) is 30.3 Å². The van der Waals surface area contributed by atoms with Gasteiger partial charge in [-0.25, -0.2) is 4.39 Å². The molecule has 0 fully saturated rings. The van der Waals surface area contributed by atoms with Crippen LogP contribution in [0.5, 0.6) is 5.75 Å². The Hall–Kier alpha value is -2.27. The van der Waals surface area contributed by atoms with Crippen molar-refractivity contribution in [3.63, 3.8) is 0 Å². The lowest BCUT2D eigenvalue weighted by molar-refractivity contribution is 0.1000. The van der Waals surface area contributed by atoms with Crippen LogP contribution >= 0.6 is 11.6 Å². The third-order valence-corrected chi connectivity index (χ3v) is 3.30. The van der Waals surface area contributed by atoms with Crippen LogP contribution in [0.15, 0.2) is 36.4 Å². The van der Waals surface area contributed by atoms with Crippen LogP contribution in [0.2, 0.25) is 5.02 Å². The average Bonchev–Trinajstić information content (AvgIpc) is 2.47. The highest BCUT2D eigenvalue weighted by atomic mass is 35.5. The molecule has 6 heteroatoms. The fourth-order valence-corrected chi connectivity index (χ4v) is 2.01. The number of hydrogen-bond acceptors (Lipinski definition) is 3. The van der Waals surface area contributed by atoms with Crippen LogP contribution in [0.4, 0.5) is 10.1 Å². The molecule has 0 bridgehead atoms. The third-order valence-electron chi connectivity index (χ3n) is 2.97. The van der Waals surface area contributed by atoms with E-state index in [-0.39, 0.29) is 12.1 Å². The van der Waals surface area contributed by atoms with Gasteiger partial charge in [0.15, 0.2) is 0 Å². The van der Waals surface area contributed by atoms with Crippen molar-refractivity contribution in [2.75, 3.05) is 12.4 Å². The molecule has 21 heavy (non-hydrogen) atoms. The normalized spacial score (nSPS) is 10.2. The second-order valence-electron chi connectivity index (χ2n) is 4.37. The summed E-state index contributed by atoms with van der Waals surface area (Å²) >= 11 is 6.06. The molecule has 0 spiro atoms. The topological polar surface area (TPSA) is 64.3 Å². The van der Waals surface area contributed by atoms with Crippen LogP contribution in [0.25, 0.3) is 0 Å². The maximum Gasteiger partial charge on any atom is 0.248 e. The third kappa shape index (κ3) is 3.64. The number of primary amides is 1. The number of benzene rings is 2. The number of nitrogens with two attached hydrogens (primary N) is 1. The zero-order valence-electron chi connectivity index (χ0n) is 11.3. The summed E-state index contributed by atoms with van der Waals surface area (Å²) in [5.41, 5.74) is 6.37. The molecule has 1 amide bonds. The van der Waals surface area contributed by atoms with Crippen molar-refractivity contribution in [3.05, 3.63) is 58.4 Å². The number of anilines is 1. The number of halogens is 2. The van der Waals surface area contributed by atoms with E-state index in [1.807, 2.05) is 0 Å². The molecular weight excluding hydrogens is 295 g/mol. The van der Waals surface area contributed by atoms with E-state index in [4.69, 9.17) is 22.1 Å². The van der Waals surface area contributed by atoms with E-state index in [0.29, 0.717) is 22.0 Å². The standard InChI is InChI=1S/C15H14ClFN2O2/c1-21-11-3-4-12(16)14(7-11)19-8-10-6-9(15(18)20)2-5-13(10)17/h2-7,19H,8H2,1H3,(H2,18,20). The summed E-state index contributed by atoms with van der Waals surface area (Å²) in [4.78, 5) is 11.1. The molecule has 0 aromatic heterocycles. The minimum atomic E-state index is -0.601. The van der Waals surface area contributed by atoms with Crippen LogP contribution in [0.1, 0.15) is 15.9 Å². The first kappa shape index (κ1) is 15.1. The van der Waals surface area contributed by atoms with Crippen LogP contribution in [-0.4, -0.2) is 13.0 Å². The number of ether oxygens (including phenoxy) is 1. The van der Waals surface area contributed by atoms with E-state index < -0.39 is 11.7 Å². The summed E-state index contributed by atoms with van der Waals surface area (Å²) in [5, 5.41) is 3.50. The number of methoxy groups -OCH3 is 1. The number of amides is 1. The van der Waals surface area contributed by atoms with Gasteiger partial charge in [0.25, 0.3) is 0 Å². The lowest BCUT2D eigenvalue weighted by Crippen LogP contribution is -2.12. The Balaban J connectivity index is 2.20. The zero-order valence-corrected chi connectivity index (χ0v) is 12.1. The van der Waals surface area contributed by atoms with Gasteiger partial charge in [0.05, 0.1) is 17.8 Å². The van der Waals surface area contributed by atoms with E-state index in [0.717, 1.165) is 0 Å². The number of carbonyl (C=O) groups is 1. The molecule has 4 nitrogen and oxygen atoms in total. The molecule has 2 rings (SSSR count). The summed E-state index contributed by atoms with van der Waals surface area (Å²) in [6.45, 7) is 0.167. The summed E-state index contributed by atoms with van der Waals surface area (Å²) < 4.78 is 18.8. The number of nitrogens with one attached hydrogen (secondary N) is 1. The summed E-state index contributed by atoms with van der Waals surface area (Å²) in [6, 6.07) is 9.08. The van der Waals surface area contributed by atoms with Gasteiger partial charge in [-0.1, -0.05) is 11.6 Å². The Kier molecular flexibility index (Phi) is 4.65. The fraction of sp³-hybridized carbons (Fsp3) is 0.133. The highest BCUT2D eigenvalue weighted by Gasteiger charge is 2.08. The smallest absolute Gasteiger partial charge is 0.248 e. The largest absolute Gasteiger partial charge is 0.497 e. The van der Waals surface area contributed by atoms with Crippen LogP contribution in [0, 0.1) is 5.82 Å². The summed E-state index contributed by atoms with van der Waals surface area (Å²) in [7, 11) is 1.54. The van der Waals surface area contributed by atoms with Crippen molar-refractivity contribution in [2.45, 2.75) is 6.54 Å². The van der Waals surface area contributed by atoms with E-state index in [1.165, 1.54) is 18.2 Å². The molecule has 0 aliphatic carbocycles. The molecule has 0 aliphatic rings. The Morgan fingerprint density at radius 1 is 1.33 bits per heavy atom. The van der Waals surface area contributed by atoms with Gasteiger partial charge in [-0.2, -0.15) is 0 Å². The monoisotopic (exact) mass is 308 g/mol. The molecule has 0 aliphatic heterocycles. The minimum absolute atomic E-state index is 0.167. The Morgan fingerprint density at radius 3 is 2.76 bits per heavy atom. The van der Waals surface area contributed by atoms with Gasteiger partial charge < -0.3 is 15.8 Å². The van der Waals surface area contributed by atoms with E-state index in [2.05, 4.69) is 5.32 Å². The molecule has 0 atom stereocenters. The van der Waals surface area contributed by atoms with E-state index in [1.54, 1.807) is 25.3 Å². The fourth-order valence-electron chi connectivity index (χ4n) is 1.82. The summed E-state index contributed by atoms with van der Waals surface area (Å²) in [5.74, 6) is -0.393. The molecule has 0 saturated carbocycles. The molecule has 0 saturated heterocycles. The Labute approximate surface area is 126 Å². The van der Waals surface area contributed by atoms with E-state index in [9.17, 15) is 9.18 Å². The number of hydrogen-bond donors (Lipinski definition) is 2. The van der Waals surface area contributed by atoms with Gasteiger partial charge in [0, 0.05) is 23.7 Å². The van der Waals surface area contributed by atoms with Crippen molar-refractivity contribution in [1.82, 2.24) is 0 Å². The molecule has 2 aromatic carbocycles. The van der Waals surface area contributed by atoms with Crippen LogP contribution in [0.3, 0.4) is 0 Å². The Bertz CT molecular complexity index is 677. The minimum Gasteiger partial charge on any atom is -0.497 e. The van der Waals surface area contributed by atoms with Gasteiger partial charge >= 0.3 is 0 Å². The number of carbonyl (C=O) groups excluding carboxylic acids is 1. The molecule has 3 N–H and O–H groups in total. The quantitative estimate of drug-likeness (QED) is 0.891. The first-order valence-corrected chi connectivity index (χ1v) is 6.54. The number of rotatable bonds is 5. The van der Waals surface area contributed by atoms with Crippen molar-refractivity contribution in [3.8, 4) is 5.75 Å². The molecule has 110 valence electrons. The van der Waals surface area contributed by atoms with Crippen molar-refractivity contribution in [2.24, 2.45) is 5.73 Å². The second-order valence-corrected chi connectivity index (χ2v) is 4.78. The van der Waals surface area contributed by atoms with Crippen LogP contribution in [-0.2, 0) is 6.54 Å². The molecule has 2 aromatic rings. The SMILES string of the molecule is COc1ccc(Cl)c(NCc2cc(C(N)=O)ccc2F)c1. The van der Waals surface area contributed by atoms with Gasteiger partial charge in [-0.15, -0.1) is 0 Å². The molecular formula is C15H14ClFN2O2. The molecule has 0 radical (unpaired) electrons. The lowest BCUT2D eigenvalue weighted by Gasteiger charge is -2.11. The zero-order chi connectivity index (χ0) is 15.4. The lowest BCUT2D eigenvalue weighted by atomic mass is 10.1. The van der Waals surface area contributed by atoms with Gasteiger partial charge in [-0.3, -0.25) is 4.79 Å². The first-order valence-electron chi connectivity index (χ1n) is 6.17. The van der Waals surface area contributed by atoms with E-state index >= 15 is 0 Å². The van der Waals surface area contributed by atoms with Gasteiger partial charge in [0.2, 0.25) is 5.91 Å². The van der Waals surface area contributed by atoms with Crippen molar-refractivity contribution < 1.29 is 13.9 Å². The highest BCUT2D eigenvalue weighted by molar-refractivity contribution is 6.33. The first-order chi connectivity index (χ1) is 10.0. The van der Waals surface area contributed by atoms with Crippen LogP contribution < -0.4 is 15.8 Å². The summed E-state index contributed by atoms with van der Waals surface area (Å²) in [6.07, 6.45) is 0.